The highest BCUT2D eigenvalue weighted by Crippen LogP contribution is 2.25. The summed E-state index contributed by atoms with van der Waals surface area (Å²) in [5.41, 5.74) is 0. The van der Waals surface area contributed by atoms with E-state index in [9.17, 15) is 0 Å². The van der Waals surface area contributed by atoms with Crippen molar-refractivity contribution in [3.05, 3.63) is 0 Å². The molecule has 0 aromatic heterocycles. The fourth-order valence-corrected chi connectivity index (χ4v) is 2.96. The Morgan fingerprint density at radius 3 is 2.14 bits per heavy atom. The summed E-state index contributed by atoms with van der Waals surface area (Å²) in [6.07, 6.45) is 5.68. The van der Waals surface area contributed by atoms with Crippen LogP contribution in [0.1, 0.15) is 32.6 Å². The van der Waals surface area contributed by atoms with Crippen LogP contribution in [0.3, 0.4) is 0 Å². The van der Waals surface area contributed by atoms with Crippen molar-refractivity contribution in [1.82, 2.24) is 9.80 Å². The lowest BCUT2D eigenvalue weighted by molar-refractivity contribution is 0.124. The van der Waals surface area contributed by atoms with Crippen LogP contribution in [0.25, 0.3) is 0 Å². The largest absolute Gasteiger partial charge is 0.306 e. The van der Waals surface area contributed by atoms with Gasteiger partial charge < -0.3 is 9.80 Å². The number of piperidine rings is 1. The molecule has 1 unspecified atom stereocenters. The molecule has 0 radical (unpaired) electrons. The lowest BCUT2D eigenvalue weighted by atomic mass is 9.90. The first-order chi connectivity index (χ1) is 6.77. The minimum atomic E-state index is 0.839. The summed E-state index contributed by atoms with van der Waals surface area (Å²) < 4.78 is 0. The molecule has 0 saturated carbocycles. The molecule has 0 spiro atoms. The van der Waals surface area contributed by atoms with E-state index in [1.165, 1.54) is 51.9 Å². The zero-order valence-corrected chi connectivity index (χ0v) is 9.71. The summed E-state index contributed by atoms with van der Waals surface area (Å²) in [4.78, 5) is 5.17. The van der Waals surface area contributed by atoms with E-state index in [4.69, 9.17) is 0 Å². The van der Waals surface area contributed by atoms with E-state index in [1.54, 1.807) is 0 Å². The predicted octanol–water partition coefficient (Wildman–Crippen LogP) is 1.81. The number of nitrogens with zero attached hydrogens (tertiary/aromatic N) is 2. The highest BCUT2D eigenvalue weighted by atomic mass is 15.2. The zero-order chi connectivity index (χ0) is 9.97. The molecule has 0 aliphatic carbocycles. The Labute approximate surface area is 88.3 Å². The molecule has 2 rings (SSSR count). The van der Waals surface area contributed by atoms with E-state index < -0.39 is 0 Å². The van der Waals surface area contributed by atoms with Crippen LogP contribution in [0.5, 0.6) is 0 Å². The minimum Gasteiger partial charge on any atom is -0.306 e. The van der Waals surface area contributed by atoms with Gasteiger partial charge in [0.15, 0.2) is 0 Å². The molecule has 2 heterocycles. The molecular weight excluding hydrogens is 172 g/mol. The maximum absolute atomic E-state index is 2.70. The fourth-order valence-electron chi connectivity index (χ4n) is 2.96. The highest BCUT2D eigenvalue weighted by molar-refractivity contribution is 4.82. The minimum absolute atomic E-state index is 0.839. The number of hydrogen-bond acceptors (Lipinski definition) is 2. The second-order valence-corrected chi connectivity index (χ2v) is 5.12. The molecule has 2 aliphatic rings. The van der Waals surface area contributed by atoms with E-state index in [0.29, 0.717) is 0 Å². The lowest BCUT2D eigenvalue weighted by Crippen LogP contribution is -2.42. The van der Waals surface area contributed by atoms with Gasteiger partial charge in [-0.25, -0.2) is 0 Å². The van der Waals surface area contributed by atoms with Gasteiger partial charge in [-0.05, 0) is 71.8 Å². The Morgan fingerprint density at radius 1 is 1.00 bits per heavy atom. The summed E-state index contributed by atoms with van der Waals surface area (Å²) in [5, 5.41) is 0. The molecular formula is C12H24N2. The second kappa shape index (κ2) is 4.63. The van der Waals surface area contributed by atoms with Crippen molar-refractivity contribution < 1.29 is 0 Å². The van der Waals surface area contributed by atoms with Crippen LogP contribution in [0, 0.1) is 5.92 Å². The SMILES string of the molecule is CC(C1CCN(C)CC1)N1CCCC1. The number of rotatable bonds is 2. The molecule has 2 saturated heterocycles. The molecule has 2 nitrogen and oxygen atoms in total. The van der Waals surface area contributed by atoms with Gasteiger partial charge in [-0.1, -0.05) is 0 Å². The third kappa shape index (κ3) is 2.29. The zero-order valence-electron chi connectivity index (χ0n) is 9.71. The third-order valence-electron chi connectivity index (χ3n) is 4.16. The van der Waals surface area contributed by atoms with E-state index in [1.807, 2.05) is 0 Å². The Balaban J connectivity index is 1.82. The molecule has 1 atom stereocenters. The Morgan fingerprint density at radius 2 is 1.57 bits per heavy atom. The van der Waals surface area contributed by atoms with E-state index in [-0.39, 0.29) is 0 Å². The molecule has 0 aromatic carbocycles. The molecule has 0 amide bonds. The quantitative estimate of drug-likeness (QED) is 0.664. The van der Waals surface area contributed by atoms with Crippen LogP contribution in [-0.4, -0.2) is 49.1 Å². The van der Waals surface area contributed by atoms with Crippen LogP contribution < -0.4 is 0 Å². The van der Waals surface area contributed by atoms with Crippen molar-refractivity contribution in [1.29, 1.82) is 0 Å². The van der Waals surface area contributed by atoms with Crippen molar-refractivity contribution in [3.63, 3.8) is 0 Å². The summed E-state index contributed by atoms with van der Waals surface area (Å²) in [6, 6.07) is 0.839. The average molecular weight is 196 g/mol. The average Bonchev–Trinajstić information content (AvgIpc) is 2.71. The summed E-state index contributed by atoms with van der Waals surface area (Å²) in [5.74, 6) is 0.962. The van der Waals surface area contributed by atoms with Crippen molar-refractivity contribution in [2.75, 3.05) is 33.2 Å². The van der Waals surface area contributed by atoms with Gasteiger partial charge in [0, 0.05) is 6.04 Å². The van der Waals surface area contributed by atoms with Crippen LogP contribution in [-0.2, 0) is 0 Å². The number of likely N-dealkylation sites (tertiary alicyclic amines) is 2. The van der Waals surface area contributed by atoms with Gasteiger partial charge in [0.25, 0.3) is 0 Å². The smallest absolute Gasteiger partial charge is 0.00961 e. The van der Waals surface area contributed by atoms with E-state index in [0.717, 1.165) is 12.0 Å². The van der Waals surface area contributed by atoms with Gasteiger partial charge in [-0.15, -0.1) is 0 Å². The van der Waals surface area contributed by atoms with E-state index >= 15 is 0 Å². The molecule has 2 aliphatic heterocycles. The van der Waals surface area contributed by atoms with Gasteiger partial charge in [0.2, 0.25) is 0 Å². The van der Waals surface area contributed by atoms with Gasteiger partial charge in [-0.2, -0.15) is 0 Å². The molecule has 0 aromatic rings. The van der Waals surface area contributed by atoms with Crippen LogP contribution in [0.4, 0.5) is 0 Å². The fraction of sp³-hybridized carbons (Fsp3) is 1.00. The van der Waals surface area contributed by atoms with Gasteiger partial charge in [-0.3, -0.25) is 0 Å². The van der Waals surface area contributed by atoms with Crippen LogP contribution >= 0.6 is 0 Å². The maximum Gasteiger partial charge on any atom is 0.00961 e. The first-order valence-electron chi connectivity index (χ1n) is 6.20. The van der Waals surface area contributed by atoms with Gasteiger partial charge >= 0.3 is 0 Å². The first-order valence-corrected chi connectivity index (χ1v) is 6.20. The monoisotopic (exact) mass is 196 g/mol. The van der Waals surface area contributed by atoms with Gasteiger partial charge in [0.05, 0.1) is 0 Å². The molecule has 2 fully saturated rings. The number of hydrogen-bond donors (Lipinski definition) is 0. The highest BCUT2D eigenvalue weighted by Gasteiger charge is 2.27. The van der Waals surface area contributed by atoms with Crippen molar-refractivity contribution in [2.24, 2.45) is 5.92 Å². The molecule has 0 N–H and O–H groups in total. The summed E-state index contributed by atoms with van der Waals surface area (Å²) in [6.45, 7) is 7.77. The standard InChI is InChI=1S/C12H24N2/c1-11(14-7-3-4-8-14)12-5-9-13(2)10-6-12/h11-12H,3-10H2,1-2H3. The third-order valence-corrected chi connectivity index (χ3v) is 4.16. The Hall–Kier alpha value is -0.0800. The van der Waals surface area contributed by atoms with Crippen molar-refractivity contribution >= 4 is 0 Å². The maximum atomic E-state index is 2.70. The first kappa shape index (κ1) is 10.4. The second-order valence-electron chi connectivity index (χ2n) is 5.12. The van der Waals surface area contributed by atoms with Crippen molar-refractivity contribution in [3.8, 4) is 0 Å². The van der Waals surface area contributed by atoms with Crippen LogP contribution in [0.15, 0.2) is 0 Å². The van der Waals surface area contributed by atoms with E-state index in [2.05, 4.69) is 23.8 Å². The lowest BCUT2D eigenvalue weighted by Gasteiger charge is -2.37. The normalized spacial score (nSPS) is 29.6. The Kier molecular flexibility index (Phi) is 3.45. The summed E-state index contributed by atoms with van der Waals surface area (Å²) >= 11 is 0. The predicted molar refractivity (Wildman–Crippen MR) is 60.5 cm³/mol. The topological polar surface area (TPSA) is 6.48 Å². The molecule has 0 bridgehead atoms. The summed E-state index contributed by atoms with van der Waals surface area (Å²) in [7, 11) is 2.25. The van der Waals surface area contributed by atoms with Crippen LogP contribution in [0.2, 0.25) is 0 Å². The molecule has 82 valence electrons. The Bertz CT molecular complexity index is 167. The van der Waals surface area contributed by atoms with Gasteiger partial charge in [0.1, 0.15) is 0 Å². The molecule has 2 heteroatoms. The van der Waals surface area contributed by atoms with Crippen molar-refractivity contribution in [2.45, 2.75) is 38.6 Å². The molecule has 14 heavy (non-hydrogen) atoms.